The van der Waals surface area contributed by atoms with Crippen LogP contribution >= 0.6 is 11.6 Å². The minimum Gasteiger partial charge on any atom is -0.444 e. The molecule has 1 aliphatic rings. The highest BCUT2D eigenvalue weighted by atomic mass is 35.5. The summed E-state index contributed by atoms with van der Waals surface area (Å²) in [6.45, 7) is 13.4. The third kappa shape index (κ3) is 6.77. The Morgan fingerprint density at radius 1 is 1.09 bits per heavy atom. The highest BCUT2D eigenvalue weighted by Crippen LogP contribution is 2.36. The van der Waals surface area contributed by atoms with Crippen molar-refractivity contribution in [3.8, 4) is 11.5 Å². The van der Waals surface area contributed by atoms with E-state index in [0.29, 0.717) is 43.0 Å². The van der Waals surface area contributed by atoms with E-state index >= 15 is 0 Å². The zero-order valence-electron chi connectivity index (χ0n) is 25.4. The molecule has 0 saturated carbocycles. The number of aromatic amines is 1. The molecule has 1 atom stereocenters. The van der Waals surface area contributed by atoms with Crippen molar-refractivity contribution in [2.75, 3.05) is 37.6 Å². The summed E-state index contributed by atoms with van der Waals surface area (Å²) in [7, 11) is 0. The number of carbonyl (C=O) groups excluding carboxylic acids is 2. The van der Waals surface area contributed by atoms with Gasteiger partial charge in [-0.3, -0.25) is 4.79 Å². The van der Waals surface area contributed by atoms with Crippen molar-refractivity contribution in [3.63, 3.8) is 0 Å². The zero-order valence-corrected chi connectivity index (χ0v) is 26.2. The summed E-state index contributed by atoms with van der Waals surface area (Å²) < 4.78 is 11.5. The number of rotatable bonds is 7. The maximum Gasteiger partial charge on any atom is 0.410 e. The fourth-order valence-electron chi connectivity index (χ4n) is 5.30. The van der Waals surface area contributed by atoms with Crippen LogP contribution in [0.1, 0.15) is 52.0 Å². The van der Waals surface area contributed by atoms with Crippen molar-refractivity contribution < 1.29 is 18.7 Å². The number of carbonyl (C=O) groups is 2. The van der Waals surface area contributed by atoms with E-state index in [1.165, 1.54) is 0 Å². The van der Waals surface area contributed by atoms with Crippen LogP contribution in [0, 0.1) is 6.92 Å². The summed E-state index contributed by atoms with van der Waals surface area (Å²) in [4.78, 5) is 40.8. The van der Waals surface area contributed by atoms with E-state index < -0.39 is 17.6 Å². The number of ether oxygens (including phenoxy) is 1. The number of nitrogens with one attached hydrogen (secondary N) is 1. The van der Waals surface area contributed by atoms with Crippen molar-refractivity contribution in [2.45, 2.75) is 59.1 Å². The molecule has 2 amide bonds. The lowest BCUT2D eigenvalue weighted by Gasteiger charge is -2.39. The third-order valence-electron chi connectivity index (χ3n) is 7.42. The first-order valence-electron chi connectivity index (χ1n) is 14.5. The number of halogens is 1. The van der Waals surface area contributed by atoms with Gasteiger partial charge in [0.1, 0.15) is 11.2 Å². The zero-order chi connectivity index (χ0) is 30.9. The normalized spacial score (nSPS) is 14.8. The molecule has 1 saturated heterocycles. The number of fused-ring (bicyclic) bond motifs is 1. The van der Waals surface area contributed by atoms with E-state index in [0.717, 1.165) is 27.8 Å². The van der Waals surface area contributed by atoms with Crippen molar-refractivity contribution in [1.29, 1.82) is 0 Å². The van der Waals surface area contributed by atoms with Gasteiger partial charge in [-0.2, -0.15) is 0 Å². The lowest BCUT2D eigenvalue weighted by Crippen LogP contribution is -2.52. The molecule has 228 valence electrons. The summed E-state index contributed by atoms with van der Waals surface area (Å²) in [5.74, 6) is 0.236. The summed E-state index contributed by atoms with van der Waals surface area (Å²) in [5, 5.41) is 9.76. The first-order chi connectivity index (χ1) is 20.4. The highest BCUT2D eigenvalue weighted by molar-refractivity contribution is 6.30. The van der Waals surface area contributed by atoms with Crippen LogP contribution in [-0.2, 0) is 9.53 Å². The largest absolute Gasteiger partial charge is 0.444 e. The summed E-state index contributed by atoms with van der Waals surface area (Å²) >= 11 is 6.18. The maximum absolute atomic E-state index is 14.2. The standard InChI is InChI=1S/C31H38ClN7O4/c1-19(2)39(30(41)43-31(4,5)6)18-25(21-7-9-22(32)10-8-21)29(40)38-15-13-37(14-16-38)26-23-11-12-33-27(23)34-17-24(26)28-36-35-20(3)42-28/h7-12,17,19,25H,13-16,18H2,1-6H3,(H,33,34)/t25-/m1/s1. The van der Waals surface area contributed by atoms with Crippen LogP contribution in [0.3, 0.4) is 0 Å². The van der Waals surface area contributed by atoms with E-state index in [-0.39, 0.29) is 18.5 Å². The Hall–Kier alpha value is -4.12. The summed E-state index contributed by atoms with van der Waals surface area (Å²) in [5.41, 5.74) is 2.58. The van der Waals surface area contributed by atoms with Gasteiger partial charge >= 0.3 is 6.09 Å². The predicted molar refractivity (Wildman–Crippen MR) is 165 cm³/mol. The van der Waals surface area contributed by atoms with Gasteiger partial charge in [-0.1, -0.05) is 23.7 Å². The Bertz CT molecular complexity index is 1580. The second-order valence-electron chi connectivity index (χ2n) is 12.0. The molecule has 5 rings (SSSR count). The molecule has 1 aromatic carbocycles. The average molecular weight is 608 g/mol. The van der Waals surface area contributed by atoms with Gasteiger partial charge in [-0.25, -0.2) is 9.78 Å². The minimum absolute atomic E-state index is 0.0505. The Morgan fingerprint density at radius 3 is 2.40 bits per heavy atom. The second-order valence-corrected chi connectivity index (χ2v) is 12.5. The molecule has 0 radical (unpaired) electrons. The van der Waals surface area contributed by atoms with Gasteiger partial charge in [0.2, 0.25) is 11.8 Å². The van der Waals surface area contributed by atoms with E-state index in [1.54, 1.807) is 30.2 Å². The van der Waals surface area contributed by atoms with Crippen molar-refractivity contribution in [1.82, 2.24) is 30.0 Å². The van der Waals surface area contributed by atoms with Crippen LogP contribution in [0.25, 0.3) is 22.5 Å². The molecule has 43 heavy (non-hydrogen) atoms. The molecule has 1 N–H and O–H groups in total. The van der Waals surface area contributed by atoms with Gasteiger partial charge in [0.05, 0.1) is 17.2 Å². The molecule has 4 heterocycles. The van der Waals surface area contributed by atoms with E-state index in [2.05, 4.69) is 25.1 Å². The number of piperazine rings is 1. The van der Waals surface area contributed by atoms with Crippen LogP contribution < -0.4 is 4.90 Å². The number of H-pyrrole nitrogens is 1. The number of amides is 2. The third-order valence-corrected chi connectivity index (χ3v) is 7.68. The van der Waals surface area contributed by atoms with E-state index in [1.807, 2.05) is 63.9 Å². The topological polar surface area (TPSA) is 121 Å². The molecule has 4 aromatic rings. The number of aryl methyl sites for hydroxylation is 1. The van der Waals surface area contributed by atoms with Gasteiger partial charge in [-0.05, 0) is 58.4 Å². The summed E-state index contributed by atoms with van der Waals surface area (Å²) in [6, 6.07) is 9.07. The van der Waals surface area contributed by atoms with Gasteiger partial charge in [0.15, 0.2) is 0 Å². The van der Waals surface area contributed by atoms with Gasteiger partial charge in [0.25, 0.3) is 5.89 Å². The quantitative estimate of drug-likeness (QED) is 0.286. The van der Waals surface area contributed by atoms with Crippen molar-refractivity contribution in [3.05, 3.63) is 59.2 Å². The Labute approximate surface area is 256 Å². The van der Waals surface area contributed by atoms with Crippen LogP contribution in [-0.4, -0.2) is 86.3 Å². The van der Waals surface area contributed by atoms with Crippen LogP contribution in [0.2, 0.25) is 5.02 Å². The number of hydrogen-bond donors (Lipinski definition) is 1. The molecule has 1 fully saturated rings. The monoisotopic (exact) mass is 607 g/mol. The molecule has 0 unspecified atom stereocenters. The van der Waals surface area contributed by atoms with Crippen molar-refractivity contribution in [2.24, 2.45) is 0 Å². The average Bonchev–Trinajstić information content (AvgIpc) is 3.61. The van der Waals surface area contributed by atoms with Crippen LogP contribution in [0.5, 0.6) is 0 Å². The van der Waals surface area contributed by atoms with Gasteiger partial charge < -0.3 is 28.8 Å². The minimum atomic E-state index is -0.656. The number of hydrogen-bond acceptors (Lipinski definition) is 8. The molecule has 0 spiro atoms. The number of nitrogens with zero attached hydrogens (tertiary/aromatic N) is 6. The van der Waals surface area contributed by atoms with Crippen LogP contribution in [0.4, 0.5) is 10.5 Å². The molecule has 0 aliphatic carbocycles. The number of aromatic nitrogens is 4. The molecule has 11 nitrogen and oxygen atoms in total. The molecule has 0 bridgehead atoms. The molecule has 1 aliphatic heterocycles. The molecular weight excluding hydrogens is 570 g/mol. The fraction of sp³-hybridized carbons (Fsp3) is 0.452. The first kappa shape index (κ1) is 30.3. The number of benzene rings is 1. The lowest BCUT2D eigenvalue weighted by atomic mass is 9.96. The van der Waals surface area contributed by atoms with Gasteiger partial charge in [0, 0.05) is 68.5 Å². The lowest BCUT2D eigenvalue weighted by molar-refractivity contribution is -0.133. The number of anilines is 1. The molecule has 12 heteroatoms. The number of pyridine rings is 1. The van der Waals surface area contributed by atoms with Gasteiger partial charge in [-0.15, -0.1) is 10.2 Å². The first-order valence-corrected chi connectivity index (χ1v) is 14.8. The van der Waals surface area contributed by atoms with E-state index in [4.69, 9.17) is 20.8 Å². The highest BCUT2D eigenvalue weighted by Gasteiger charge is 2.34. The Balaban J connectivity index is 1.39. The second kappa shape index (κ2) is 12.2. The smallest absolute Gasteiger partial charge is 0.410 e. The fourth-order valence-corrected chi connectivity index (χ4v) is 5.43. The summed E-state index contributed by atoms with van der Waals surface area (Å²) in [6.07, 6.45) is 3.15. The molecule has 3 aromatic heterocycles. The maximum atomic E-state index is 14.2. The Morgan fingerprint density at radius 2 is 1.79 bits per heavy atom. The predicted octanol–water partition coefficient (Wildman–Crippen LogP) is 5.65. The molecular formula is C31H38ClN7O4. The van der Waals surface area contributed by atoms with Crippen molar-refractivity contribution >= 4 is 40.3 Å². The van der Waals surface area contributed by atoms with Crippen LogP contribution in [0.15, 0.2) is 47.1 Å². The van der Waals surface area contributed by atoms with E-state index in [9.17, 15) is 9.59 Å². The Kier molecular flexibility index (Phi) is 8.64. The SMILES string of the molecule is Cc1nnc(-c2cnc3[nH]ccc3c2N2CCN(C(=O)[C@H](CN(C(=O)OC(C)(C)C)C(C)C)c3ccc(Cl)cc3)CC2)o1.